The summed E-state index contributed by atoms with van der Waals surface area (Å²) in [6.07, 6.45) is 1.57. The lowest BCUT2D eigenvalue weighted by Gasteiger charge is -1.93. The predicted octanol–water partition coefficient (Wildman–Crippen LogP) is 1.20. The molecule has 2 rings (SSSR count). The minimum absolute atomic E-state index is 0.0255. The molecule has 1 aliphatic rings. The van der Waals surface area contributed by atoms with Crippen LogP contribution in [0.2, 0.25) is 0 Å². The fourth-order valence-electron chi connectivity index (χ4n) is 1.41. The summed E-state index contributed by atoms with van der Waals surface area (Å²) in [6.45, 7) is 0. The van der Waals surface area contributed by atoms with Gasteiger partial charge in [-0.05, 0) is 17.9 Å². The number of carbonyl (C=O) groups is 1. The van der Waals surface area contributed by atoms with Crippen LogP contribution < -0.4 is 0 Å². The second-order valence-corrected chi connectivity index (χ2v) is 4.08. The van der Waals surface area contributed by atoms with Crippen LogP contribution in [0.4, 0.5) is 0 Å². The number of aromatic nitrogens is 1. The van der Waals surface area contributed by atoms with Crippen molar-refractivity contribution in [1.29, 1.82) is 0 Å². The third-order valence-electron chi connectivity index (χ3n) is 2.04. The van der Waals surface area contributed by atoms with Crippen molar-refractivity contribution in [3.05, 3.63) is 17.0 Å². The number of fused-ring (bicyclic) bond motifs is 1. The lowest BCUT2D eigenvalue weighted by Crippen LogP contribution is -2.00. The molecule has 0 saturated heterocycles. The Hall–Kier alpha value is -0.970. The summed E-state index contributed by atoms with van der Waals surface area (Å²) in [5.41, 5.74) is 1.61. The molecule has 0 aliphatic carbocycles. The van der Waals surface area contributed by atoms with Crippen molar-refractivity contribution in [2.75, 3.05) is 11.5 Å². The molecule has 4 nitrogen and oxygen atoms in total. The molecule has 5 heteroatoms. The summed E-state index contributed by atoms with van der Waals surface area (Å²) in [7, 11) is 0. The summed E-state index contributed by atoms with van der Waals surface area (Å²) >= 11 is 1.82. The van der Waals surface area contributed by atoms with Gasteiger partial charge in [0, 0.05) is 12.0 Å². The molecule has 1 N–H and O–H groups in total. The predicted molar refractivity (Wildman–Crippen MR) is 48.2 cm³/mol. The molecular formula is C8H9NO3S. The quantitative estimate of drug-likeness (QED) is 0.736. The zero-order valence-electron chi connectivity index (χ0n) is 6.95. The fraction of sp³-hybridized carbons (Fsp3) is 0.500. The number of carboxylic acids is 1. The topological polar surface area (TPSA) is 63.3 Å². The third kappa shape index (κ3) is 1.56. The van der Waals surface area contributed by atoms with Crippen LogP contribution in [0.25, 0.3) is 0 Å². The third-order valence-corrected chi connectivity index (χ3v) is 3.03. The van der Waals surface area contributed by atoms with Crippen LogP contribution in [-0.2, 0) is 12.8 Å². The molecule has 1 aromatic heterocycles. The van der Waals surface area contributed by atoms with Gasteiger partial charge in [0.15, 0.2) is 0 Å². The Labute approximate surface area is 79.3 Å². The van der Waals surface area contributed by atoms with Crippen molar-refractivity contribution >= 4 is 17.7 Å². The standard InChI is InChI=1S/C8H9NO3S/c10-8(11)7-5-1-3-13-4-2-6(5)9-12-7/h1-4H2,(H,10,11). The average molecular weight is 199 g/mol. The number of hydrogen-bond acceptors (Lipinski definition) is 4. The Morgan fingerprint density at radius 1 is 1.46 bits per heavy atom. The molecule has 0 radical (unpaired) electrons. The average Bonchev–Trinajstić information content (AvgIpc) is 2.36. The first kappa shape index (κ1) is 8.62. The molecule has 13 heavy (non-hydrogen) atoms. The van der Waals surface area contributed by atoms with Crippen molar-refractivity contribution in [1.82, 2.24) is 5.16 Å². The zero-order chi connectivity index (χ0) is 9.26. The van der Waals surface area contributed by atoms with E-state index < -0.39 is 5.97 Å². The molecule has 70 valence electrons. The number of aryl methyl sites for hydroxylation is 1. The Bertz CT molecular complexity index is 334. The molecule has 0 unspecified atom stereocenters. The van der Waals surface area contributed by atoms with Crippen LogP contribution in [0.3, 0.4) is 0 Å². The first-order valence-corrected chi connectivity index (χ1v) is 5.23. The van der Waals surface area contributed by atoms with Crippen molar-refractivity contribution in [3.8, 4) is 0 Å². The molecule has 1 aliphatic heterocycles. The highest BCUT2D eigenvalue weighted by Gasteiger charge is 2.22. The van der Waals surface area contributed by atoms with Crippen LogP contribution in [0.15, 0.2) is 4.52 Å². The van der Waals surface area contributed by atoms with E-state index in [1.165, 1.54) is 0 Å². The molecule has 0 aromatic carbocycles. The number of carboxylic acid groups (broad SMARTS) is 1. The monoisotopic (exact) mass is 199 g/mol. The Balaban J connectivity index is 2.39. The summed E-state index contributed by atoms with van der Waals surface area (Å²) < 4.78 is 4.78. The zero-order valence-corrected chi connectivity index (χ0v) is 7.76. The molecule has 0 amide bonds. The number of hydrogen-bond donors (Lipinski definition) is 1. The lowest BCUT2D eigenvalue weighted by atomic mass is 10.1. The summed E-state index contributed by atoms with van der Waals surface area (Å²) in [6, 6.07) is 0. The first-order valence-electron chi connectivity index (χ1n) is 4.07. The fourth-order valence-corrected chi connectivity index (χ4v) is 2.30. The second kappa shape index (κ2) is 3.41. The summed E-state index contributed by atoms with van der Waals surface area (Å²) in [5, 5.41) is 12.5. The van der Waals surface area contributed by atoms with Crippen molar-refractivity contribution < 1.29 is 14.4 Å². The van der Waals surface area contributed by atoms with Gasteiger partial charge in [-0.1, -0.05) is 5.16 Å². The van der Waals surface area contributed by atoms with E-state index in [2.05, 4.69) is 5.16 Å². The van der Waals surface area contributed by atoms with Crippen LogP contribution in [-0.4, -0.2) is 27.7 Å². The Morgan fingerprint density at radius 3 is 3.00 bits per heavy atom. The van der Waals surface area contributed by atoms with E-state index in [0.717, 1.165) is 35.6 Å². The molecule has 0 spiro atoms. The maximum absolute atomic E-state index is 10.7. The minimum atomic E-state index is -1.01. The normalized spacial score (nSPS) is 16.3. The van der Waals surface area contributed by atoms with Crippen LogP contribution in [0.5, 0.6) is 0 Å². The molecule has 2 heterocycles. The van der Waals surface area contributed by atoms with Crippen LogP contribution in [0, 0.1) is 0 Å². The number of rotatable bonds is 1. The van der Waals surface area contributed by atoms with Crippen molar-refractivity contribution in [2.24, 2.45) is 0 Å². The smallest absolute Gasteiger partial charge is 0.375 e. The van der Waals surface area contributed by atoms with Gasteiger partial charge in [-0.25, -0.2) is 4.79 Å². The van der Waals surface area contributed by atoms with Crippen LogP contribution in [0.1, 0.15) is 21.8 Å². The SMILES string of the molecule is O=C(O)c1onc2c1CCSCC2. The van der Waals surface area contributed by atoms with E-state index in [-0.39, 0.29) is 5.76 Å². The summed E-state index contributed by atoms with van der Waals surface area (Å²) in [4.78, 5) is 10.7. The Kier molecular flexibility index (Phi) is 2.26. The minimum Gasteiger partial charge on any atom is -0.475 e. The van der Waals surface area contributed by atoms with Gasteiger partial charge < -0.3 is 9.63 Å². The second-order valence-electron chi connectivity index (χ2n) is 2.85. The number of thioether (sulfide) groups is 1. The molecule has 0 saturated carbocycles. The molecule has 1 aromatic rings. The molecule has 0 bridgehead atoms. The number of aromatic carboxylic acids is 1. The highest BCUT2D eigenvalue weighted by molar-refractivity contribution is 7.99. The van der Waals surface area contributed by atoms with E-state index in [9.17, 15) is 4.79 Å². The molecule has 0 atom stereocenters. The van der Waals surface area contributed by atoms with Gasteiger partial charge in [0.25, 0.3) is 0 Å². The van der Waals surface area contributed by atoms with Gasteiger partial charge in [0.05, 0.1) is 5.69 Å². The van der Waals surface area contributed by atoms with Gasteiger partial charge in [0.1, 0.15) is 0 Å². The van der Waals surface area contributed by atoms with Gasteiger partial charge in [0.2, 0.25) is 5.76 Å². The van der Waals surface area contributed by atoms with Gasteiger partial charge in [-0.15, -0.1) is 0 Å². The van der Waals surface area contributed by atoms with Gasteiger partial charge >= 0.3 is 5.97 Å². The highest BCUT2D eigenvalue weighted by Crippen LogP contribution is 2.22. The van der Waals surface area contributed by atoms with E-state index in [1.807, 2.05) is 11.8 Å². The van der Waals surface area contributed by atoms with Crippen LogP contribution >= 0.6 is 11.8 Å². The van der Waals surface area contributed by atoms with Crippen molar-refractivity contribution in [3.63, 3.8) is 0 Å². The van der Waals surface area contributed by atoms with E-state index in [1.54, 1.807) is 0 Å². The summed E-state index contributed by atoms with van der Waals surface area (Å²) in [5.74, 6) is 0.964. The van der Waals surface area contributed by atoms with E-state index in [0.29, 0.717) is 0 Å². The van der Waals surface area contributed by atoms with E-state index in [4.69, 9.17) is 9.63 Å². The lowest BCUT2D eigenvalue weighted by molar-refractivity contribution is 0.0650. The highest BCUT2D eigenvalue weighted by atomic mass is 32.2. The Morgan fingerprint density at radius 2 is 2.23 bits per heavy atom. The first-order chi connectivity index (χ1) is 6.29. The molecular weight excluding hydrogens is 190 g/mol. The largest absolute Gasteiger partial charge is 0.475 e. The van der Waals surface area contributed by atoms with Gasteiger partial charge in [-0.3, -0.25) is 0 Å². The maximum Gasteiger partial charge on any atom is 0.375 e. The van der Waals surface area contributed by atoms with Crippen molar-refractivity contribution in [2.45, 2.75) is 12.8 Å². The maximum atomic E-state index is 10.7. The van der Waals surface area contributed by atoms with E-state index >= 15 is 0 Å². The van der Waals surface area contributed by atoms with Gasteiger partial charge in [-0.2, -0.15) is 11.8 Å². The molecule has 0 fully saturated rings. The number of nitrogens with zero attached hydrogens (tertiary/aromatic N) is 1.